The van der Waals surface area contributed by atoms with Crippen molar-refractivity contribution in [1.82, 2.24) is 9.61 Å². The molecule has 1 N–H and O–H groups in total. The molecule has 0 unspecified atom stereocenters. The summed E-state index contributed by atoms with van der Waals surface area (Å²) in [6, 6.07) is 6.87. The molecular weight excluding hydrogens is 198 g/mol. The second-order valence-corrected chi connectivity index (χ2v) is 4.56. The van der Waals surface area contributed by atoms with Crippen LogP contribution in [-0.4, -0.2) is 15.7 Å². The van der Waals surface area contributed by atoms with E-state index in [0.29, 0.717) is 6.04 Å². The van der Waals surface area contributed by atoms with Crippen molar-refractivity contribution in [3.05, 3.63) is 30.6 Å². The first-order chi connectivity index (χ1) is 7.93. The van der Waals surface area contributed by atoms with Crippen LogP contribution in [0.4, 0.5) is 5.69 Å². The van der Waals surface area contributed by atoms with Gasteiger partial charge in [0.25, 0.3) is 0 Å². The molecule has 0 aromatic carbocycles. The van der Waals surface area contributed by atoms with Crippen molar-refractivity contribution in [2.45, 2.75) is 38.1 Å². The molecule has 0 amide bonds. The first-order valence-corrected chi connectivity index (χ1v) is 6.12. The number of nitrogens with zero attached hydrogens (tertiary/aromatic N) is 2. The summed E-state index contributed by atoms with van der Waals surface area (Å²) in [5.41, 5.74) is 2.39. The Kier molecular flexibility index (Phi) is 2.52. The van der Waals surface area contributed by atoms with Crippen LogP contribution in [0.5, 0.6) is 0 Å². The van der Waals surface area contributed by atoms with Crippen molar-refractivity contribution in [2.75, 3.05) is 5.32 Å². The largest absolute Gasteiger partial charge is 0.381 e. The highest BCUT2D eigenvalue weighted by Crippen LogP contribution is 2.23. The van der Waals surface area contributed by atoms with E-state index in [1.54, 1.807) is 0 Å². The fourth-order valence-corrected chi connectivity index (χ4v) is 2.54. The van der Waals surface area contributed by atoms with Crippen LogP contribution < -0.4 is 5.32 Å². The van der Waals surface area contributed by atoms with Crippen LogP contribution in [0, 0.1) is 0 Å². The summed E-state index contributed by atoms with van der Waals surface area (Å²) in [6.45, 7) is 0. The number of anilines is 1. The first-order valence-electron chi connectivity index (χ1n) is 6.12. The fourth-order valence-electron chi connectivity index (χ4n) is 2.54. The zero-order valence-electron chi connectivity index (χ0n) is 9.39. The third-order valence-electron chi connectivity index (χ3n) is 3.40. The summed E-state index contributed by atoms with van der Waals surface area (Å²) in [7, 11) is 0. The van der Waals surface area contributed by atoms with Crippen LogP contribution in [0.3, 0.4) is 0 Å². The minimum Gasteiger partial charge on any atom is -0.381 e. The van der Waals surface area contributed by atoms with E-state index in [0.717, 1.165) is 0 Å². The molecule has 3 rings (SSSR count). The van der Waals surface area contributed by atoms with Gasteiger partial charge in [-0.1, -0.05) is 19.3 Å². The molecule has 84 valence electrons. The van der Waals surface area contributed by atoms with Crippen LogP contribution in [-0.2, 0) is 0 Å². The Morgan fingerprint density at radius 2 is 2.06 bits per heavy atom. The maximum atomic E-state index is 4.27. The Balaban J connectivity index is 1.85. The topological polar surface area (TPSA) is 29.3 Å². The van der Waals surface area contributed by atoms with Gasteiger partial charge in [-0.25, -0.2) is 4.52 Å². The number of hydrogen-bond acceptors (Lipinski definition) is 2. The molecule has 16 heavy (non-hydrogen) atoms. The Bertz CT molecular complexity index is 469. The summed E-state index contributed by atoms with van der Waals surface area (Å²) < 4.78 is 1.92. The molecule has 1 saturated carbocycles. The van der Waals surface area contributed by atoms with E-state index < -0.39 is 0 Å². The zero-order valence-corrected chi connectivity index (χ0v) is 9.39. The molecule has 0 radical (unpaired) electrons. The van der Waals surface area contributed by atoms with Gasteiger partial charge in [0.15, 0.2) is 0 Å². The SMILES string of the molecule is c1cc2c(NC3CCCCC3)ccnn2c1. The van der Waals surface area contributed by atoms with Crippen molar-refractivity contribution in [3.8, 4) is 0 Å². The van der Waals surface area contributed by atoms with E-state index in [1.807, 2.05) is 23.0 Å². The van der Waals surface area contributed by atoms with Gasteiger partial charge in [0, 0.05) is 18.4 Å². The molecule has 2 aromatic rings. The third kappa shape index (κ3) is 1.77. The summed E-state index contributed by atoms with van der Waals surface area (Å²) in [4.78, 5) is 0. The Morgan fingerprint density at radius 1 is 1.19 bits per heavy atom. The van der Waals surface area contributed by atoms with Crippen LogP contribution >= 0.6 is 0 Å². The van der Waals surface area contributed by atoms with Gasteiger partial charge in [0.1, 0.15) is 0 Å². The summed E-state index contributed by atoms with van der Waals surface area (Å²) >= 11 is 0. The minimum absolute atomic E-state index is 0.648. The van der Waals surface area contributed by atoms with Crippen LogP contribution in [0.25, 0.3) is 5.52 Å². The second-order valence-electron chi connectivity index (χ2n) is 4.56. The second kappa shape index (κ2) is 4.16. The van der Waals surface area contributed by atoms with Gasteiger partial charge in [-0.2, -0.15) is 5.10 Å². The van der Waals surface area contributed by atoms with Gasteiger partial charge in [-0.3, -0.25) is 0 Å². The number of nitrogens with one attached hydrogen (secondary N) is 1. The maximum absolute atomic E-state index is 4.27. The molecule has 0 atom stereocenters. The lowest BCUT2D eigenvalue weighted by atomic mass is 9.95. The Labute approximate surface area is 95.5 Å². The molecule has 3 nitrogen and oxygen atoms in total. The zero-order chi connectivity index (χ0) is 10.8. The van der Waals surface area contributed by atoms with E-state index in [4.69, 9.17) is 0 Å². The maximum Gasteiger partial charge on any atom is 0.0878 e. The number of fused-ring (bicyclic) bond motifs is 1. The standard InChI is InChI=1S/C13H17N3/c1-2-5-11(6-3-1)15-12-8-9-14-16-10-4-7-13(12)16/h4,7-11,15H,1-3,5-6H2. The van der Waals surface area contributed by atoms with Crippen molar-refractivity contribution >= 4 is 11.2 Å². The highest BCUT2D eigenvalue weighted by Gasteiger charge is 2.13. The Morgan fingerprint density at radius 3 is 2.94 bits per heavy atom. The van der Waals surface area contributed by atoms with Gasteiger partial charge < -0.3 is 5.32 Å². The first kappa shape index (κ1) is 9.70. The van der Waals surface area contributed by atoms with Gasteiger partial charge in [0.05, 0.1) is 11.2 Å². The van der Waals surface area contributed by atoms with Crippen molar-refractivity contribution in [2.24, 2.45) is 0 Å². The lowest BCUT2D eigenvalue weighted by Gasteiger charge is -2.24. The molecule has 0 aliphatic heterocycles. The van der Waals surface area contributed by atoms with Gasteiger partial charge in [0.2, 0.25) is 0 Å². The van der Waals surface area contributed by atoms with Crippen LogP contribution in [0.1, 0.15) is 32.1 Å². The van der Waals surface area contributed by atoms with Gasteiger partial charge >= 0.3 is 0 Å². The quantitative estimate of drug-likeness (QED) is 0.834. The predicted molar refractivity (Wildman–Crippen MR) is 65.7 cm³/mol. The molecule has 1 aliphatic carbocycles. The molecule has 2 heterocycles. The molecule has 1 fully saturated rings. The van der Waals surface area contributed by atoms with E-state index in [9.17, 15) is 0 Å². The highest BCUT2D eigenvalue weighted by molar-refractivity contribution is 5.71. The van der Waals surface area contributed by atoms with E-state index in [-0.39, 0.29) is 0 Å². The Hall–Kier alpha value is -1.51. The fraction of sp³-hybridized carbons (Fsp3) is 0.462. The van der Waals surface area contributed by atoms with Crippen LogP contribution in [0.2, 0.25) is 0 Å². The van der Waals surface area contributed by atoms with Gasteiger partial charge in [-0.15, -0.1) is 0 Å². The van der Waals surface area contributed by atoms with Crippen LogP contribution in [0.15, 0.2) is 30.6 Å². The molecule has 0 spiro atoms. The summed E-state index contributed by atoms with van der Waals surface area (Å²) in [6.07, 6.45) is 10.6. The molecule has 0 saturated heterocycles. The highest BCUT2D eigenvalue weighted by atomic mass is 15.2. The lowest BCUT2D eigenvalue weighted by molar-refractivity contribution is 0.463. The molecular formula is C13H17N3. The van der Waals surface area contributed by atoms with E-state index in [1.165, 1.54) is 43.3 Å². The number of hydrogen-bond donors (Lipinski definition) is 1. The average molecular weight is 215 g/mol. The third-order valence-corrected chi connectivity index (χ3v) is 3.40. The lowest BCUT2D eigenvalue weighted by Crippen LogP contribution is -2.22. The molecule has 1 aliphatic rings. The van der Waals surface area contributed by atoms with E-state index >= 15 is 0 Å². The van der Waals surface area contributed by atoms with Gasteiger partial charge in [-0.05, 0) is 31.0 Å². The normalized spacial score (nSPS) is 17.8. The average Bonchev–Trinajstić information content (AvgIpc) is 2.80. The molecule has 3 heteroatoms. The molecule has 0 bridgehead atoms. The van der Waals surface area contributed by atoms with E-state index in [2.05, 4.69) is 22.5 Å². The number of rotatable bonds is 2. The van der Waals surface area contributed by atoms with Crippen molar-refractivity contribution in [3.63, 3.8) is 0 Å². The smallest absolute Gasteiger partial charge is 0.0878 e. The summed E-state index contributed by atoms with van der Waals surface area (Å²) in [5.74, 6) is 0. The molecule has 2 aromatic heterocycles. The van der Waals surface area contributed by atoms with Crippen molar-refractivity contribution in [1.29, 1.82) is 0 Å². The minimum atomic E-state index is 0.648. The monoisotopic (exact) mass is 215 g/mol. The van der Waals surface area contributed by atoms with Crippen molar-refractivity contribution < 1.29 is 0 Å². The predicted octanol–water partition coefficient (Wildman–Crippen LogP) is 3.08. The number of aromatic nitrogens is 2. The summed E-state index contributed by atoms with van der Waals surface area (Å²) in [5, 5.41) is 7.92.